The molecule has 0 aliphatic carbocycles. The predicted molar refractivity (Wildman–Crippen MR) is 46.3 cm³/mol. The van der Waals surface area contributed by atoms with E-state index < -0.39 is 0 Å². The molecular formula is C8H11N3. The van der Waals surface area contributed by atoms with Gasteiger partial charge >= 0.3 is 0 Å². The lowest BCUT2D eigenvalue weighted by Crippen LogP contribution is -1.88. The molecule has 3 nitrogen and oxygen atoms in total. The Kier molecular flexibility index (Phi) is 2.21. The van der Waals surface area contributed by atoms with Gasteiger partial charge in [-0.05, 0) is 6.92 Å². The second-order valence-corrected chi connectivity index (χ2v) is 2.27. The predicted octanol–water partition coefficient (Wildman–Crippen LogP) is 1.62. The lowest BCUT2D eigenvalue weighted by molar-refractivity contribution is 0.875. The molecule has 0 N–H and O–H groups in total. The Morgan fingerprint density at radius 3 is 2.91 bits per heavy atom. The summed E-state index contributed by atoms with van der Waals surface area (Å²) in [6.45, 7) is 5.51. The Morgan fingerprint density at radius 1 is 1.73 bits per heavy atom. The lowest BCUT2D eigenvalue weighted by Gasteiger charge is -1.94. The zero-order valence-corrected chi connectivity index (χ0v) is 6.78. The molecule has 11 heavy (non-hydrogen) atoms. The molecule has 0 radical (unpaired) electrons. The van der Waals surface area contributed by atoms with Crippen molar-refractivity contribution < 1.29 is 0 Å². The molecule has 0 aromatic carbocycles. The summed E-state index contributed by atoms with van der Waals surface area (Å²) >= 11 is 0. The van der Waals surface area contributed by atoms with Crippen molar-refractivity contribution in [3.8, 4) is 0 Å². The molecule has 0 atom stereocenters. The van der Waals surface area contributed by atoms with Gasteiger partial charge in [0.1, 0.15) is 0 Å². The van der Waals surface area contributed by atoms with Crippen molar-refractivity contribution >= 4 is 12.2 Å². The number of hydrogen-bond donors (Lipinski definition) is 0. The molecule has 0 fully saturated rings. The summed E-state index contributed by atoms with van der Waals surface area (Å²) in [6, 6.07) is 0. The monoisotopic (exact) mass is 149 g/mol. The molecule has 1 heterocycles. The Labute approximate surface area is 66.1 Å². The molecule has 1 rings (SSSR count). The maximum absolute atomic E-state index is 4.07. The number of imidazole rings is 1. The third-order valence-corrected chi connectivity index (χ3v) is 1.49. The van der Waals surface area contributed by atoms with Crippen molar-refractivity contribution in [3.05, 3.63) is 24.5 Å². The van der Waals surface area contributed by atoms with Crippen LogP contribution in [0.2, 0.25) is 0 Å². The summed E-state index contributed by atoms with van der Waals surface area (Å²) in [6.07, 6.45) is 5.04. The highest BCUT2D eigenvalue weighted by molar-refractivity contribution is 5.72. The fourth-order valence-corrected chi connectivity index (χ4v) is 0.721. The molecule has 0 saturated carbocycles. The largest absolute Gasteiger partial charge is 0.316 e. The van der Waals surface area contributed by atoms with E-state index in [0.29, 0.717) is 5.95 Å². The average Bonchev–Trinajstić information content (AvgIpc) is 2.31. The van der Waals surface area contributed by atoms with E-state index in [9.17, 15) is 0 Å². The van der Waals surface area contributed by atoms with Gasteiger partial charge in [-0.2, -0.15) is 0 Å². The highest BCUT2D eigenvalue weighted by atomic mass is 15.2. The lowest BCUT2D eigenvalue weighted by atomic mass is 10.5. The van der Waals surface area contributed by atoms with Crippen molar-refractivity contribution in [2.45, 2.75) is 6.92 Å². The first-order chi connectivity index (χ1) is 5.25. The van der Waals surface area contributed by atoms with E-state index in [1.807, 2.05) is 18.5 Å². The summed E-state index contributed by atoms with van der Waals surface area (Å²) in [5.41, 5.74) is 1.10. The van der Waals surface area contributed by atoms with Gasteiger partial charge in [0.15, 0.2) is 0 Å². The quantitative estimate of drug-likeness (QED) is 0.587. The number of aryl methyl sites for hydroxylation is 1. The molecule has 1 aromatic rings. The first-order valence-electron chi connectivity index (χ1n) is 3.39. The number of nitrogens with zero attached hydrogens (tertiary/aromatic N) is 3. The fraction of sp³-hybridized carbons (Fsp3) is 0.250. The van der Waals surface area contributed by atoms with Crippen LogP contribution in [-0.2, 0) is 7.05 Å². The highest BCUT2D eigenvalue weighted by Crippen LogP contribution is 2.08. The minimum absolute atomic E-state index is 0.711. The molecule has 0 amide bonds. The normalized spacial score (nSPS) is 10.7. The van der Waals surface area contributed by atoms with E-state index in [1.54, 1.807) is 18.5 Å². The van der Waals surface area contributed by atoms with E-state index in [-0.39, 0.29) is 0 Å². The van der Waals surface area contributed by atoms with Crippen LogP contribution in [0.4, 0.5) is 5.95 Å². The van der Waals surface area contributed by atoms with Gasteiger partial charge in [-0.1, -0.05) is 12.7 Å². The average molecular weight is 149 g/mol. The smallest absolute Gasteiger partial charge is 0.229 e. The van der Waals surface area contributed by atoms with E-state index in [1.165, 1.54) is 0 Å². The van der Waals surface area contributed by atoms with E-state index >= 15 is 0 Å². The van der Waals surface area contributed by atoms with E-state index in [0.717, 1.165) is 5.69 Å². The van der Waals surface area contributed by atoms with Gasteiger partial charge in [-0.3, -0.25) is 0 Å². The van der Waals surface area contributed by atoms with Crippen molar-refractivity contribution in [3.63, 3.8) is 0 Å². The first-order valence-corrected chi connectivity index (χ1v) is 3.39. The van der Waals surface area contributed by atoms with Crippen LogP contribution in [-0.4, -0.2) is 15.8 Å². The van der Waals surface area contributed by atoms with E-state index in [2.05, 4.69) is 16.6 Å². The molecule has 0 aliphatic heterocycles. The van der Waals surface area contributed by atoms with Gasteiger partial charge in [0, 0.05) is 19.0 Å². The second-order valence-electron chi connectivity index (χ2n) is 2.27. The molecule has 3 heteroatoms. The van der Waals surface area contributed by atoms with Crippen LogP contribution in [0.15, 0.2) is 23.8 Å². The van der Waals surface area contributed by atoms with Crippen LogP contribution in [0.25, 0.3) is 0 Å². The molecule has 58 valence electrons. The molecule has 0 saturated heterocycles. The Morgan fingerprint density at radius 2 is 2.45 bits per heavy atom. The topological polar surface area (TPSA) is 30.2 Å². The van der Waals surface area contributed by atoms with Crippen LogP contribution in [0, 0.1) is 6.92 Å². The van der Waals surface area contributed by atoms with Crippen molar-refractivity contribution in [2.75, 3.05) is 0 Å². The van der Waals surface area contributed by atoms with Crippen molar-refractivity contribution in [1.82, 2.24) is 9.55 Å². The molecule has 0 unspecified atom stereocenters. The number of allylic oxidation sites excluding steroid dienone is 1. The number of aliphatic imine (C=N–C) groups is 1. The number of aromatic nitrogens is 2. The van der Waals surface area contributed by atoms with Gasteiger partial charge in [0.25, 0.3) is 0 Å². The van der Waals surface area contributed by atoms with Gasteiger partial charge in [0.2, 0.25) is 5.95 Å². The maximum atomic E-state index is 4.07. The minimum Gasteiger partial charge on any atom is -0.316 e. The third kappa shape index (κ3) is 1.55. The standard InChI is InChI=1S/C8H11N3/c1-4-5-9-8-10-6-7(2)11(8)3/h4-6H,1H2,2-3H3/b9-5-. The van der Waals surface area contributed by atoms with Crippen LogP contribution < -0.4 is 0 Å². The van der Waals surface area contributed by atoms with Gasteiger partial charge in [0.05, 0.1) is 6.20 Å². The number of hydrogen-bond acceptors (Lipinski definition) is 2. The zero-order chi connectivity index (χ0) is 8.27. The molecule has 0 bridgehead atoms. The van der Waals surface area contributed by atoms with E-state index in [4.69, 9.17) is 0 Å². The molecule has 0 aliphatic rings. The maximum Gasteiger partial charge on any atom is 0.229 e. The summed E-state index contributed by atoms with van der Waals surface area (Å²) in [4.78, 5) is 8.12. The number of rotatable bonds is 2. The van der Waals surface area contributed by atoms with Gasteiger partial charge < -0.3 is 4.57 Å². The second kappa shape index (κ2) is 3.14. The fourth-order valence-electron chi connectivity index (χ4n) is 0.721. The van der Waals surface area contributed by atoms with Crippen LogP contribution in [0.1, 0.15) is 5.69 Å². The van der Waals surface area contributed by atoms with Crippen molar-refractivity contribution in [2.24, 2.45) is 12.0 Å². The summed E-state index contributed by atoms with van der Waals surface area (Å²) in [5, 5.41) is 0. The van der Waals surface area contributed by atoms with Gasteiger partial charge in [-0.15, -0.1) is 0 Å². The van der Waals surface area contributed by atoms with Gasteiger partial charge in [-0.25, -0.2) is 9.98 Å². The van der Waals surface area contributed by atoms with Crippen molar-refractivity contribution in [1.29, 1.82) is 0 Å². The SMILES string of the molecule is C=C/C=N\c1ncc(C)n1C. The Bertz CT molecular complexity index is 284. The van der Waals surface area contributed by atoms with Crippen LogP contribution >= 0.6 is 0 Å². The molecule has 0 spiro atoms. The minimum atomic E-state index is 0.711. The first kappa shape index (κ1) is 7.72. The summed E-state index contributed by atoms with van der Waals surface area (Å²) in [5.74, 6) is 0.711. The zero-order valence-electron chi connectivity index (χ0n) is 6.78. The van der Waals surface area contributed by atoms with Crippen LogP contribution in [0.5, 0.6) is 0 Å². The summed E-state index contributed by atoms with van der Waals surface area (Å²) in [7, 11) is 1.93. The van der Waals surface area contributed by atoms with Crippen LogP contribution in [0.3, 0.4) is 0 Å². The molecule has 1 aromatic heterocycles. The highest BCUT2D eigenvalue weighted by Gasteiger charge is 1.97. The Hall–Kier alpha value is -1.38. The third-order valence-electron chi connectivity index (χ3n) is 1.49. The molecular weight excluding hydrogens is 138 g/mol. The Balaban J connectivity index is 2.95. The summed E-state index contributed by atoms with van der Waals surface area (Å²) < 4.78 is 1.92.